The van der Waals surface area contributed by atoms with Crippen molar-refractivity contribution in [2.45, 2.75) is 117 Å². The molecule has 6 aliphatic rings. The highest BCUT2D eigenvalue weighted by molar-refractivity contribution is 6.19. The molecule has 6 heterocycles. The molecule has 5 bridgehead atoms. The van der Waals surface area contributed by atoms with Crippen molar-refractivity contribution in [1.82, 2.24) is 14.7 Å². The number of amides is 2. The van der Waals surface area contributed by atoms with Gasteiger partial charge in [0.2, 0.25) is 5.91 Å². The second-order valence-corrected chi connectivity index (χ2v) is 21.0. The summed E-state index contributed by atoms with van der Waals surface area (Å²) < 4.78 is 24.6. The molecule has 0 aromatic heterocycles. The summed E-state index contributed by atoms with van der Waals surface area (Å²) in [5.41, 5.74) is -0.720. The van der Waals surface area contributed by atoms with Gasteiger partial charge in [-0.1, -0.05) is 59.8 Å². The number of aromatic hydroxyl groups is 2. The van der Waals surface area contributed by atoms with Crippen LogP contribution in [0.5, 0.6) is 17.2 Å². The Labute approximate surface area is 420 Å². The highest BCUT2D eigenvalue weighted by Crippen LogP contribution is 2.50. The minimum atomic E-state index is -2.03. The van der Waals surface area contributed by atoms with E-state index in [9.17, 15) is 44.7 Å². The van der Waals surface area contributed by atoms with E-state index in [1.54, 1.807) is 57.7 Å². The number of β-amino-alcohol motifs (C(OH)–C–C–N with tert-alkyl or cyclic N) is 1. The quantitative estimate of drug-likeness (QED) is 0.126. The number of piperazine rings is 1. The van der Waals surface area contributed by atoms with Gasteiger partial charge in [-0.15, -0.1) is 0 Å². The molecule has 19 heteroatoms. The lowest BCUT2D eigenvalue weighted by molar-refractivity contribution is -0.165. The third-order valence-electron chi connectivity index (χ3n) is 15.3. The van der Waals surface area contributed by atoms with Crippen molar-refractivity contribution in [3.05, 3.63) is 58.0 Å². The van der Waals surface area contributed by atoms with Crippen molar-refractivity contribution >= 4 is 40.0 Å². The number of esters is 1. The predicted octanol–water partition coefficient (Wildman–Crippen LogP) is 3.26. The van der Waals surface area contributed by atoms with Crippen LogP contribution in [0, 0.1) is 36.5 Å². The van der Waals surface area contributed by atoms with Crippen molar-refractivity contribution in [2.75, 3.05) is 71.4 Å². The third kappa shape index (κ3) is 10.8. The molecule has 6 N–H and O–H groups in total. The number of anilines is 1. The zero-order valence-electron chi connectivity index (χ0n) is 43.3. The second kappa shape index (κ2) is 22.0. The first-order valence-electron chi connectivity index (χ1n) is 25.3. The molecule has 2 saturated heterocycles. The van der Waals surface area contributed by atoms with Gasteiger partial charge in [-0.2, -0.15) is 0 Å². The highest BCUT2D eigenvalue weighted by Gasteiger charge is 2.50. The number of piperidine rings is 1. The first-order valence-corrected chi connectivity index (χ1v) is 25.3. The number of fused-ring (bicyclic) bond motifs is 13. The topological polar surface area (TPSA) is 253 Å². The molecule has 72 heavy (non-hydrogen) atoms. The van der Waals surface area contributed by atoms with Gasteiger partial charge < -0.3 is 59.6 Å². The number of carbonyl (C=O) groups excluding carboxylic acids is 4. The number of methoxy groups -OCH3 is 1. The van der Waals surface area contributed by atoms with Crippen molar-refractivity contribution in [3.8, 4) is 17.2 Å². The molecule has 2 fully saturated rings. The predicted molar refractivity (Wildman–Crippen MR) is 267 cm³/mol. The number of phenolic OH excluding ortho intramolecular Hbond substituents is 2. The number of hydrogen-bond donors (Lipinski definition) is 6. The van der Waals surface area contributed by atoms with Crippen LogP contribution < -0.4 is 20.8 Å². The average Bonchev–Trinajstić information content (AvgIpc) is 3.85. The molecule has 8 rings (SSSR count). The number of aliphatic hydroxyl groups excluding tert-OH is 3. The number of Topliss-reactive ketones (excluding diaryl/α,β-unsaturated/α-hetero) is 1. The van der Waals surface area contributed by atoms with Crippen LogP contribution in [-0.4, -0.2) is 166 Å². The molecule has 0 radical (unpaired) electrons. The minimum Gasteiger partial charge on any atom is -0.507 e. The summed E-state index contributed by atoms with van der Waals surface area (Å²) in [6, 6.07) is 0. The van der Waals surface area contributed by atoms with E-state index in [2.05, 4.69) is 24.1 Å². The van der Waals surface area contributed by atoms with Gasteiger partial charge in [-0.25, -0.2) is 0 Å². The van der Waals surface area contributed by atoms with Gasteiger partial charge in [0.15, 0.2) is 11.4 Å². The largest absolute Gasteiger partial charge is 0.507 e. The Morgan fingerprint density at radius 3 is 2.19 bits per heavy atom. The summed E-state index contributed by atoms with van der Waals surface area (Å²) in [5.74, 6) is -7.86. The lowest BCUT2D eigenvalue weighted by Gasteiger charge is -2.38. The molecule has 2 amide bonds. The fourth-order valence-electron chi connectivity index (χ4n) is 10.8. The molecule has 2 aromatic carbocycles. The molecule has 2 aromatic rings. The van der Waals surface area contributed by atoms with Crippen molar-refractivity contribution in [1.29, 1.82) is 0 Å². The second-order valence-electron chi connectivity index (χ2n) is 21.0. The van der Waals surface area contributed by atoms with E-state index in [0.717, 1.165) is 6.54 Å². The van der Waals surface area contributed by atoms with Crippen LogP contribution in [0.4, 0.5) is 5.69 Å². The monoisotopic (exact) mass is 1000 g/mol. The lowest BCUT2D eigenvalue weighted by Crippen LogP contribution is -2.50. The van der Waals surface area contributed by atoms with E-state index in [1.807, 2.05) is 4.90 Å². The Morgan fingerprint density at radius 2 is 1.56 bits per heavy atom. The number of nitrogens with one attached hydrogen (secondary N) is 1. The maximum absolute atomic E-state index is 14.9. The smallest absolute Gasteiger partial charge is 0.315 e. The Bertz CT molecular complexity index is 2630. The van der Waals surface area contributed by atoms with Gasteiger partial charge in [0, 0.05) is 119 Å². The summed E-state index contributed by atoms with van der Waals surface area (Å²) in [6.07, 6.45) is 3.73. The van der Waals surface area contributed by atoms with Gasteiger partial charge in [-0.3, -0.25) is 34.1 Å². The van der Waals surface area contributed by atoms with Gasteiger partial charge in [0.25, 0.3) is 11.7 Å². The highest BCUT2D eigenvalue weighted by atomic mass is 16.7. The number of aliphatic hydroxyl groups is 3. The number of nitrogens with zero attached hydrogens (tertiary/aromatic N) is 5. The Kier molecular flexibility index (Phi) is 16.6. The van der Waals surface area contributed by atoms with E-state index in [0.29, 0.717) is 64.6 Å². The van der Waals surface area contributed by atoms with E-state index in [1.165, 1.54) is 33.3 Å². The third-order valence-corrected chi connectivity index (χ3v) is 15.3. The minimum absolute atomic E-state index is 0.000981. The number of ether oxygens (including phenoxy) is 4. The molecular weight excluding hydrogens is 929 g/mol. The average molecular weight is 1000 g/mol. The molecule has 0 aliphatic carbocycles. The fourth-order valence-corrected chi connectivity index (χ4v) is 10.8. The van der Waals surface area contributed by atoms with E-state index >= 15 is 0 Å². The van der Waals surface area contributed by atoms with Crippen LogP contribution in [0.2, 0.25) is 0 Å². The van der Waals surface area contributed by atoms with Gasteiger partial charge in [-0.05, 0) is 25.8 Å². The maximum atomic E-state index is 14.9. The zero-order valence-corrected chi connectivity index (χ0v) is 43.3. The first-order chi connectivity index (χ1) is 34.0. The number of likely N-dealkylation sites (tertiary alicyclic amines) is 1. The van der Waals surface area contributed by atoms with Crippen LogP contribution in [-0.2, 0) is 28.6 Å². The van der Waals surface area contributed by atoms with Crippen molar-refractivity contribution < 1.29 is 63.7 Å². The Balaban J connectivity index is 1.29. The zero-order chi connectivity index (χ0) is 52.6. The first kappa shape index (κ1) is 54.3. The SMILES string of the molecule is CO[C@H]1/C=C/O[C@@]2(C)Oc3c(C)c(O)c4c(O)c(c5c(c4c3C2=O)=NC2(CCN(CC(C)C)CC2)N=5)NC(=O)/C(C)=C\C=C\[C@H](C)[C@H](O)[C@@H](C)[C@@H](O)[C@@H](C)[C@H](OC(=O)CC(=O)N2CCN(CCO)CC2)[C@@H]1C. The molecule has 394 valence electrons. The van der Waals surface area contributed by atoms with Crippen LogP contribution >= 0.6 is 0 Å². The Hall–Kier alpha value is -5.44. The van der Waals surface area contributed by atoms with Crippen LogP contribution in [0.1, 0.15) is 90.6 Å². The van der Waals surface area contributed by atoms with Crippen LogP contribution in [0.15, 0.2) is 46.1 Å². The summed E-state index contributed by atoms with van der Waals surface area (Å²) >= 11 is 0. The molecular formula is C53H74N6O13. The van der Waals surface area contributed by atoms with Gasteiger partial charge in [0.05, 0.1) is 47.5 Å². The lowest BCUT2D eigenvalue weighted by atomic mass is 9.78. The normalized spacial score (nSPS) is 31.0. The maximum Gasteiger partial charge on any atom is 0.315 e. The van der Waals surface area contributed by atoms with E-state index < -0.39 is 101 Å². The summed E-state index contributed by atoms with van der Waals surface area (Å²) in [5, 5.41) is 60.2. The number of carbonyl (C=O) groups is 4. The Morgan fingerprint density at radius 1 is 0.889 bits per heavy atom. The molecule has 9 atom stereocenters. The number of hydrogen-bond acceptors (Lipinski definition) is 17. The number of phenols is 2. The summed E-state index contributed by atoms with van der Waals surface area (Å²) in [6.45, 7) is 20.3. The summed E-state index contributed by atoms with van der Waals surface area (Å²) in [7, 11) is 1.43. The van der Waals surface area contributed by atoms with Crippen LogP contribution in [0.25, 0.3) is 10.8 Å². The molecule has 1 spiro atoms. The summed E-state index contributed by atoms with van der Waals surface area (Å²) in [4.78, 5) is 72.3. The molecule has 0 saturated carbocycles. The molecule has 6 aliphatic heterocycles. The van der Waals surface area contributed by atoms with E-state index in [4.69, 9.17) is 28.9 Å². The van der Waals surface area contributed by atoms with Crippen molar-refractivity contribution in [3.63, 3.8) is 0 Å². The van der Waals surface area contributed by atoms with E-state index in [-0.39, 0.29) is 56.2 Å². The number of allylic oxidation sites excluding steroid dienone is 2. The van der Waals surface area contributed by atoms with Crippen LogP contribution in [0.3, 0.4) is 0 Å². The van der Waals surface area contributed by atoms with Gasteiger partial charge >= 0.3 is 11.8 Å². The fraction of sp³-hybridized carbons (Fsp3) is 0.623. The van der Waals surface area contributed by atoms with Crippen molar-refractivity contribution in [2.24, 2.45) is 39.6 Å². The molecule has 0 unspecified atom stereocenters. The number of benzene rings is 2. The number of rotatable bonds is 8. The number of ketones is 1. The molecule has 19 nitrogen and oxygen atoms in total. The standard InChI is InChI=1S/C53H74N6O13/c1-28(2)27-58-17-15-53(16-18-58)55-41-38-39-46(65)34(8)49-40(38)50(67)52(9,72-49)70-25-14-35(69-10)31(5)48(71-37(62)26-36(61)59-21-19-57(20-22-59)23-24-60)33(7)45(64)32(6)44(63)29(3)12-11-13-30(4)51(68)54-43(47(39)66)42(41)56-53/h11-14,25,28-29,31-33,35,44-45,48,60,63-66H,15-24,26-27H2,1-10H3,(H,54,68)/b12-11+,25-14+,30-13-/t29-,31+,32+,33+,35-,44-,45+,48+,52-/m0/s1. The van der Waals surface area contributed by atoms with Gasteiger partial charge in [0.1, 0.15) is 35.1 Å².